The van der Waals surface area contributed by atoms with Gasteiger partial charge in [-0.1, -0.05) is 79.2 Å². The smallest absolute Gasteiger partial charge is 0.264 e. The maximum atomic E-state index is 14.6. The monoisotopic (exact) mass is 643 g/mol. The highest BCUT2D eigenvalue weighted by Crippen LogP contribution is 2.33. The van der Waals surface area contributed by atoms with Crippen LogP contribution in [-0.4, -0.2) is 58.5 Å². The minimum atomic E-state index is -4.29. The molecule has 2 amide bonds. The molecule has 4 aromatic carbocycles. The lowest BCUT2D eigenvalue weighted by Gasteiger charge is -2.34. The molecule has 0 aliphatic rings. The Morgan fingerprint density at radius 1 is 0.804 bits per heavy atom. The molecule has 242 valence electrons. The summed E-state index contributed by atoms with van der Waals surface area (Å²) in [7, 11) is -1.35. The van der Waals surface area contributed by atoms with Crippen molar-refractivity contribution in [3.63, 3.8) is 0 Å². The van der Waals surface area contributed by atoms with Crippen LogP contribution in [0.5, 0.6) is 11.5 Å². The number of anilines is 1. The van der Waals surface area contributed by atoms with Crippen LogP contribution in [0.2, 0.25) is 0 Å². The molecule has 4 aromatic rings. The quantitative estimate of drug-likeness (QED) is 0.187. The number of carbonyl (C=O) groups is 2. The zero-order chi connectivity index (χ0) is 33.1. The van der Waals surface area contributed by atoms with Gasteiger partial charge in [0.1, 0.15) is 24.1 Å². The van der Waals surface area contributed by atoms with E-state index in [-0.39, 0.29) is 35.2 Å². The Bertz CT molecular complexity index is 1690. The van der Waals surface area contributed by atoms with Crippen molar-refractivity contribution in [2.75, 3.05) is 31.6 Å². The summed E-state index contributed by atoms with van der Waals surface area (Å²) in [6, 6.07) is 28.8. The van der Waals surface area contributed by atoms with E-state index in [1.54, 1.807) is 36.4 Å². The Balaban J connectivity index is 1.82. The average Bonchev–Trinajstić information content (AvgIpc) is 3.08. The van der Waals surface area contributed by atoms with Gasteiger partial charge in [0.05, 0.1) is 24.8 Å². The van der Waals surface area contributed by atoms with E-state index in [2.05, 4.69) is 5.32 Å². The van der Waals surface area contributed by atoms with Gasteiger partial charge < -0.3 is 19.7 Å². The fourth-order valence-corrected chi connectivity index (χ4v) is 6.46. The van der Waals surface area contributed by atoms with Crippen LogP contribution in [0, 0.1) is 6.92 Å². The minimum Gasteiger partial charge on any atom is -0.497 e. The number of amides is 2. The van der Waals surface area contributed by atoms with Crippen molar-refractivity contribution >= 4 is 27.5 Å². The number of benzene rings is 4. The van der Waals surface area contributed by atoms with Crippen LogP contribution in [-0.2, 0) is 32.6 Å². The third-order valence-electron chi connectivity index (χ3n) is 7.57. The fraction of sp³-hybridized carbons (Fsp3) is 0.278. The van der Waals surface area contributed by atoms with Crippen LogP contribution < -0.4 is 19.1 Å². The number of methoxy groups -OCH3 is 2. The average molecular weight is 644 g/mol. The van der Waals surface area contributed by atoms with E-state index < -0.39 is 28.5 Å². The Morgan fingerprint density at radius 3 is 2.09 bits per heavy atom. The van der Waals surface area contributed by atoms with Crippen molar-refractivity contribution in [2.45, 2.75) is 44.2 Å². The molecule has 0 spiro atoms. The van der Waals surface area contributed by atoms with Crippen LogP contribution in [0.1, 0.15) is 30.0 Å². The fourth-order valence-electron chi connectivity index (χ4n) is 5.03. The molecular weight excluding hydrogens is 602 g/mol. The van der Waals surface area contributed by atoms with Crippen LogP contribution in [0.3, 0.4) is 0 Å². The predicted octanol–water partition coefficient (Wildman–Crippen LogP) is 5.37. The van der Waals surface area contributed by atoms with Crippen molar-refractivity contribution in [1.29, 1.82) is 0 Å². The molecule has 0 radical (unpaired) electrons. The first kappa shape index (κ1) is 34.1. The van der Waals surface area contributed by atoms with Gasteiger partial charge in [-0.3, -0.25) is 13.9 Å². The molecule has 0 unspecified atom stereocenters. The Kier molecular flexibility index (Phi) is 11.8. The summed E-state index contributed by atoms with van der Waals surface area (Å²) >= 11 is 0. The number of sulfonamides is 1. The maximum Gasteiger partial charge on any atom is 0.264 e. The highest BCUT2D eigenvalue weighted by molar-refractivity contribution is 7.92. The highest BCUT2D eigenvalue weighted by Gasteiger charge is 2.35. The van der Waals surface area contributed by atoms with E-state index in [0.717, 1.165) is 27.4 Å². The summed E-state index contributed by atoms with van der Waals surface area (Å²) in [5, 5.41) is 2.96. The van der Waals surface area contributed by atoms with Crippen LogP contribution in [0.25, 0.3) is 0 Å². The summed E-state index contributed by atoms with van der Waals surface area (Å²) in [5.74, 6) is -0.0897. The van der Waals surface area contributed by atoms with Gasteiger partial charge >= 0.3 is 0 Å². The van der Waals surface area contributed by atoms with Crippen molar-refractivity contribution in [1.82, 2.24) is 10.2 Å². The number of hydrogen-bond acceptors (Lipinski definition) is 6. The largest absolute Gasteiger partial charge is 0.497 e. The van der Waals surface area contributed by atoms with Gasteiger partial charge in [-0.25, -0.2) is 8.42 Å². The van der Waals surface area contributed by atoms with E-state index in [1.165, 1.54) is 31.3 Å². The van der Waals surface area contributed by atoms with E-state index in [0.29, 0.717) is 12.3 Å². The second-order valence-corrected chi connectivity index (χ2v) is 12.7. The number of rotatable bonds is 15. The van der Waals surface area contributed by atoms with Crippen molar-refractivity contribution < 1.29 is 27.5 Å². The normalized spacial score (nSPS) is 11.7. The van der Waals surface area contributed by atoms with Gasteiger partial charge in [0, 0.05) is 19.5 Å². The predicted molar refractivity (Wildman–Crippen MR) is 179 cm³/mol. The molecule has 0 saturated carbocycles. The molecule has 4 rings (SSSR count). The van der Waals surface area contributed by atoms with Gasteiger partial charge in [0.2, 0.25) is 11.8 Å². The first-order valence-electron chi connectivity index (χ1n) is 15.1. The van der Waals surface area contributed by atoms with Crippen molar-refractivity contribution in [2.24, 2.45) is 0 Å². The SMILES string of the molecule is CCCNC(=O)[C@@H](Cc1ccccc1)N(Cc1ccc(C)cc1)C(=O)CN(c1ccccc1OC)S(=O)(=O)c1ccc(OC)cc1. The molecule has 0 heterocycles. The summed E-state index contributed by atoms with van der Waals surface area (Å²) in [4.78, 5) is 29.8. The van der Waals surface area contributed by atoms with Gasteiger partial charge in [-0.15, -0.1) is 0 Å². The van der Waals surface area contributed by atoms with Crippen LogP contribution >= 0.6 is 0 Å². The topological polar surface area (TPSA) is 105 Å². The molecule has 1 N–H and O–H groups in total. The summed E-state index contributed by atoms with van der Waals surface area (Å²) in [6.07, 6.45) is 0.964. The molecule has 0 aromatic heterocycles. The number of carbonyl (C=O) groups excluding carboxylic acids is 2. The molecule has 0 fully saturated rings. The molecule has 0 bridgehead atoms. The second-order valence-electron chi connectivity index (χ2n) is 10.9. The molecule has 1 atom stereocenters. The van der Waals surface area contributed by atoms with Gasteiger partial charge in [0.15, 0.2) is 0 Å². The van der Waals surface area contributed by atoms with Crippen molar-refractivity contribution in [3.05, 3.63) is 120 Å². The maximum absolute atomic E-state index is 14.6. The number of nitrogens with zero attached hydrogens (tertiary/aromatic N) is 2. The van der Waals surface area contributed by atoms with Gasteiger partial charge in [-0.05, 0) is 60.9 Å². The van der Waals surface area contributed by atoms with Gasteiger partial charge in [-0.2, -0.15) is 0 Å². The number of nitrogens with one attached hydrogen (secondary N) is 1. The highest BCUT2D eigenvalue weighted by atomic mass is 32.2. The Hall–Kier alpha value is -4.83. The zero-order valence-corrected chi connectivity index (χ0v) is 27.5. The Morgan fingerprint density at radius 2 is 1.46 bits per heavy atom. The van der Waals surface area contributed by atoms with E-state index in [1.807, 2.05) is 68.4 Å². The standard InChI is InChI=1S/C36H41N3O6S/c1-5-23-37-36(41)33(24-28-11-7-6-8-12-28)38(25-29-17-15-27(2)16-18-29)35(40)26-39(32-13-9-10-14-34(32)45-4)46(42,43)31-21-19-30(44-3)20-22-31/h6-22,33H,5,23-26H2,1-4H3,(H,37,41)/t33-/m1/s1. The van der Waals surface area contributed by atoms with E-state index in [9.17, 15) is 18.0 Å². The van der Waals surface area contributed by atoms with Gasteiger partial charge in [0.25, 0.3) is 10.0 Å². The molecule has 46 heavy (non-hydrogen) atoms. The number of hydrogen-bond donors (Lipinski definition) is 1. The zero-order valence-electron chi connectivity index (χ0n) is 26.7. The minimum absolute atomic E-state index is 0.0291. The summed E-state index contributed by atoms with van der Waals surface area (Å²) in [6.45, 7) is 3.89. The molecule has 10 heteroatoms. The number of para-hydroxylation sites is 2. The molecule has 9 nitrogen and oxygen atoms in total. The Labute approximate surface area is 271 Å². The molecular formula is C36H41N3O6S. The van der Waals surface area contributed by atoms with Crippen LogP contribution in [0.15, 0.2) is 108 Å². The lowest BCUT2D eigenvalue weighted by Crippen LogP contribution is -2.53. The lowest BCUT2D eigenvalue weighted by molar-refractivity contribution is -0.140. The second kappa shape index (κ2) is 15.9. The van der Waals surface area contributed by atoms with Crippen LogP contribution in [0.4, 0.5) is 5.69 Å². The third kappa shape index (κ3) is 8.45. The summed E-state index contributed by atoms with van der Waals surface area (Å²) < 4.78 is 40.3. The molecule has 0 aliphatic carbocycles. The third-order valence-corrected chi connectivity index (χ3v) is 9.35. The van der Waals surface area contributed by atoms with Crippen molar-refractivity contribution in [3.8, 4) is 11.5 Å². The number of aryl methyl sites for hydroxylation is 1. The van der Waals surface area contributed by atoms with E-state index >= 15 is 0 Å². The molecule has 0 aliphatic heterocycles. The molecule has 0 saturated heterocycles. The first-order valence-corrected chi connectivity index (χ1v) is 16.6. The van der Waals surface area contributed by atoms with E-state index in [4.69, 9.17) is 9.47 Å². The number of ether oxygens (including phenoxy) is 2. The first-order chi connectivity index (χ1) is 22.2. The summed E-state index contributed by atoms with van der Waals surface area (Å²) in [5.41, 5.74) is 2.92. The lowest BCUT2D eigenvalue weighted by atomic mass is 10.0.